The van der Waals surface area contributed by atoms with E-state index in [1.165, 1.54) is 5.56 Å². The summed E-state index contributed by atoms with van der Waals surface area (Å²) in [6.45, 7) is 8.46. The van der Waals surface area contributed by atoms with Gasteiger partial charge in [0.15, 0.2) is 0 Å². The second-order valence-electron chi connectivity index (χ2n) is 10.3. The Balaban J connectivity index is 1.44. The molecule has 4 nitrogen and oxygen atoms in total. The van der Waals surface area contributed by atoms with E-state index in [0.29, 0.717) is 36.3 Å². The van der Waals surface area contributed by atoms with Crippen molar-refractivity contribution in [2.45, 2.75) is 44.8 Å². The van der Waals surface area contributed by atoms with Crippen molar-refractivity contribution < 1.29 is 4.79 Å². The molecule has 3 unspecified atom stereocenters. The number of fused-ring (bicyclic) bond motifs is 1. The van der Waals surface area contributed by atoms with Crippen LogP contribution in [0.3, 0.4) is 0 Å². The number of likely N-dealkylation sites (tertiary alicyclic amines) is 1. The van der Waals surface area contributed by atoms with Crippen LogP contribution in [-0.4, -0.2) is 42.0 Å². The van der Waals surface area contributed by atoms with E-state index in [9.17, 15) is 4.79 Å². The number of nitrogens with zero attached hydrogens (tertiary/aromatic N) is 1. The van der Waals surface area contributed by atoms with Crippen molar-refractivity contribution in [3.63, 3.8) is 0 Å². The van der Waals surface area contributed by atoms with E-state index in [4.69, 9.17) is 0 Å². The maximum absolute atomic E-state index is 13.8. The standard InChI is InChI=1S/C27H35N3O/c1-19(2)17-30-18-22-14-27(26(31)28-15-21-11-7-4-8-12-21)24(25(30)23(22)16-29-27)13-20-9-5-3-6-10-20/h3-12,19,22-25,29H,13-18H2,1-2H3,(H,28,31)/t22?,23?,24-,25+,27?/m1/s1. The molecule has 0 radical (unpaired) electrons. The van der Waals surface area contributed by atoms with Gasteiger partial charge in [0.05, 0.1) is 0 Å². The molecule has 0 spiro atoms. The van der Waals surface area contributed by atoms with Crippen LogP contribution in [0.1, 0.15) is 31.4 Å². The van der Waals surface area contributed by atoms with Gasteiger partial charge in [-0.05, 0) is 41.7 Å². The number of rotatable bonds is 7. The zero-order valence-corrected chi connectivity index (χ0v) is 18.8. The number of nitrogens with one attached hydrogen (secondary N) is 2. The zero-order valence-electron chi connectivity index (χ0n) is 18.8. The highest BCUT2D eigenvalue weighted by Crippen LogP contribution is 2.53. The van der Waals surface area contributed by atoms with Crippen molar-refractivity contribution in [3.05, 3.63) is 71.8 Å². The van der Waals surface area contributed by atoms with E-state index in [1.54, 1.807) is 0 Å². The summed E-state index contributed by atoms with van der Waals surface area (Å²) in [7, 11) is 0. The van der Waals surface area contributed by atoms with Crippen LogP contribution in [0.25, 0.3) is 0 Å². The lowest BCUT2D eigenvalue weighted by atomic mass is 9.58. The summed E-state index contributed by atoms with van der Waals surface area (Å²) in [5, 5.41) is 7.08. The molecule has 1 saturated carbocycles. The van der Waals surface area contributed by atoms with Gasteiger partial charge in [-0.25, -0.2) is 0 Å². The summed E-state index contributed by atoms with van der Waals surface area (Å²) in [4.78, 5) is 16.5. The van der Waals surface area contributed by atoms with Gasteiger partial charge in [-0.1, -0.05) is 74.5 Å². The second-order valence-corrected chi connectivity index (χ2v) is 10.3. The Kier molecular flexibility index (Phi) is 5.61. The second kappa shape index (κ2) is 8.40. The fourth-order valence-electron chi connectivity index (χ4n) is 6.63. The minimum atomic E-state index is -0.472. The van der Waals surface area contributed by atoms with Crippen molar-refractivity contribution in [1.29, 1.82) is 0 Å². The molecule has 2 aromatic rings. The average Bonchev–Trinajstić information content (AvgIpc) is 3.08. The Morgan fingerprint density at radius 1 is 1.10 bits per heavy atom. The van der Waals surface area contributed by atoms with Crippen molar-refractivity contribution in [2.24, 2.45) is 23.7 Å². The Morgan fingerprint density at radius 2 is 1.77 bits per heavy atom. The van der Waals surface area contributed by atoms with Crippen LogP contribution >= 0.6 is 0 Å². The van der Waals surface area contributed by atoms with Gasteiger partial charge in [0.25, 0.3) is 0 Å². The van der Waals surface area contributed by atoms with Crippen LogP contribution < -0.4 is 10.6 Å². The van der Waals surface area contributed by atoms with E-state index in [1.807, 2.05) is 18.2 Å². The lowest BCUT2D eigenvalue weighted by molar-refractivity contribution is -0.138. The number of piperidine rings is 2. The molecular weight excluding hydrogens is 382 g/mol. The maximum Gasteiger partial charge on any atom is 0.240 e. The minimum absolute atomic E-state index is 0.192. The minimum Gasteiger partial charge on any atom is -0.350 e. The van der Waals surface area contributed by atoms with Gasteiger partial charge < -0.3 is 10.6 Å². The third kappa shape index (κ3) is 3.81. The van der Waals surface area contributed by atoms with Crippen LogP contribution in [-0.2, 0) is 17.8 Å². The van der Waals surface area contributed by atoms with Crippen molar-refractivity contribution >= 4 is 5.91 Å². The van der Waals surface area contributed by atoms with Crippen molar-refractivity contribution in [2.75, 3.05) is 19.6 Å². The fourth-order valence-corrected chi connectivity index (χ4v) is 6.63. The van der Waals surface area contributed by atoms with Gasteiger partial charge in [0.1, 0.15) is 5.54 Å². The summed E-state index contributed by atoms with van der Waals surface area (Å²) in [5.74, 6) is 2.42. The molecule has 3 heterocycles. The molecule has 2 aromatic carbocycles. The number of carbonyl (C=O) groups is 1. The summed E-state index contributed by atoms with van der Waals surface area (Å²) >= 11 is 0. The van der Waals surface area contributed by atoms with Crippen molar-refractivity contribution in [3.8, 4) is 0 Å². The number of benzene rings is 2. The zero-order chi connectivity index (χ0) is 21.4. The molecule has 3 saturated heterocycles. The van der Waals surface area contributed by atoms with Gasteiger partial charge in [-0.15, -0.1) is 0 Å². The molecule has 4 fully saturated rings. The number of hydrogen-bond acceptors (Lipinski definition) is 3. The van der Waals surface area contributed by atoms with E-state index >= 15 is 0 Å². The number of hydrogen-bond donors (Lipinski definition) is 2. The topological polar surface area (TPSA) is 44.4 Å². The Labute approximate surface area is 186 Å². The van der Waals surface area contributed by atoms with Crippen molar-refractivity contribution in [1.82, 2.24) is 15.5 Å². The summed E-state index contributed by atoms with van der Waals surface area (Å²) in [6, 6.07) is 21.5. The molecule has 1 amide bonds. The van der Waals surface area contributed by atoms with Gasteiger partial charge in [-0.3, -0.25) is 9.69 Å². The number of carbonyl (C=O) groups excluding carboxylic acids is 1. The number of amides is 1. The quantitative estimate of drug-likeness (QED) is 0.725. The Morgan fingerprint density at radius 3 is 2.45 bits per heavy atom. The first kappa shape index (κ1) is 20.7. The SMILES string of the molecule is CC(C)CN1CC2CC3(C(=O)NCc4ccccc4)NCC2[C@H]1[C@H]3Cc1ccccc1. The first-order valence-electron chi connectivity index (χ1n) is 11.9. The summed E-state index contributed by atoms with van der Waals surface area (Å²) < 4.78 is 0. The average molecular weight is 418 g/mol. The molecule has 0 aromatic heterocycles. The molecule has 1 aliphatic carbocycles. The molecule has 3 aliphatic heterocycles. The molecule has 4 aliphatic rings. The van der Waals surface area contributed by atoms with Crippen LogP contribution in [0.5, 0.6) is 0 Å². The van der Waals surface area contributed by atoms with Gasteiger partial charge in [0, 0.05) is 38.1 Å². The highest BCUT2D eigenvalue weighted by atomic mass is 16.2. The molecule has 6 rings (SSSR count). The molecule has 5 atom stereocenters. The van der Waals surface area contributed by atoms with E-state index in [2.05, 4.69) is 71.8 Å². The molecule has 164 valence electrons. The Bertz CT molecular complexity index is 899. The highest BCUT2D eigenvalue weighted by molar-refractivity contribution is 5.87. The first-order chi connectivity index (χ1) is 15.1. The van der Waals surface area contributed by atoms with E-state index < -0.39 is 5.54 Å². The maximum atomic E-state index is 13.8. The third-order valence-electron chi connectivity index (χ3n) is 7.82. The van der Waals surface area contributed by atoms with Gasteiger partial charge in [-0.2, -0.15) is 0 Å². The molecule has 4 bridgehead atoms. The first-order valence-corrected chi connectivity index (χ1v) is 11.9. The van der Waals surface area contributed by atoms with E-state index in [-0.39, 0.29) is 5.91 Å². The predicted molar refractivity (Wildman–Crippen MR) is 124 cm³/mol. The van der Waals surface area contributed by atoms with Crippen LogP contribution in [0.2, 0.25) is 0 Å². The molecule has 31 heavy (non-hydrogen) atoms. The summed E-state index contributed by atoms with van der Waals surface area (Å²) in [6.07, 6.45) is 1.91. The molecule has 4 heteroatoms. The van der Waals surface area contributed by atoms with Gasteiger partial charge in [0.2, 0.25) is 5.91 Å². The normalized spacial score (nSPS) is 31.8. The Hall–Kier alpha value is -2.17. The van der Waals surface area contributed by atoms with Crippen LogP contribution in [0, 0.1) is 23.7 Å². The molecular formula is C27H35N3O. The highest BCUT2D eigenvalue weighted by Gasteiger charge is 2.64. The monoisotopic (exact) mass is 417 g/mol. The van der Waals surface area contributed by atoms with Crippen LogP contribution in [0.15, 0.2) is 60.7 Å². The van der Waals surface area contributed by atoms with Gasteiger partial charge >= 0.3 is 0 Å². The molecule has 2 N–H and O–H groups in total. The lowest BCUT2D eigenvalue weighted by Crippen LogP contribution is -2.74. The lowest BCUT2D eigenvalue weighted by Gasteiger charge is -2.56. The largest absolute Gasteiger partial charge is 0.350 e. The predicted octanol–water partition coefficient (Wildman–Crippen LogP) is 3.48. The van der Waals surface area contributed by atoms with E-state index in [0.717, 1.165) is 38.0 Å². The summed E-state index contributed by atoms with van der Waals surface area (Å²) in [5.41, 5.74) is 2.02. The fraction of sp³-hybridized carbons (Fsp3) is 0.519. The smallest absolute Gasteiger partial charge is 0.240 e. The van der Waals surface area contributed by atoms with Crippen LogP contribution in [0.4, 0.5) is 0 Å². The third-order valence-corrected chi connectivity index (χ3v) is 7.82.